The van der Waals surface area contributed by atoms with Crippen LogP contribution in [-0.2, 0) is 9.53 Å². The highest BCUT2D eigenvalue weighted by atomic mass is 16.5. The van der Waals surface area contributed by atoms with Crippen molar-refractivity contribution in [3.05, 3.63) is 29.8 Å². The molecule has 122 valence electrons. The summed E-state index contributed by atoms with van der Waals surface area (Å²) in [6.07, 6.45) is 2.87. The van der Waals surface area contributed by atoms with E-state index in [1.807, 2.05) is 17.9 Å². The van der Waals surface area contributed by atoms with Crippen LogP contribution in [0.3, 0.4) is 0 Å². The largest absolute Gasteiger partial charge is 0.481 e. The van der Waals surface area contributed by atoms with E-state index < -0.39 is 5.97 Å². The maximum absolute atomic E-state index is 11.9. The van der Waals surface area contributed by atoms with Crippen molar-refractivity contribution in [3.63, 3.8) is 0 Å². The molecule has 0 radical (unpaired) electrons. The second kappa shape index (κ2) is 9.82. The number of carboxylic acid groups (broad SMARTS) is 1. The minimum atomic E-state index is -0.819. The zero-order chi connectivity index (χ0) is 16.4. The fourth-order valence-electron chi connectivity index (χ4n) is 2.06. The summed E-state index contributed by atoms with van der Waals surface area (Å²) in [5.74, 6) is -1.16. The average Bonchev–Trinajstić information content (AvgIpc) is 2.52. The Balaban J connectivity index is 2.84. The normalized spacial score (nSPS) is 10.3. The molecule has 0 atom stereocenters. The zero-order valence-electron chi connectivity index (χ0n) is 13.4. The molecule has 0 aromatic heterocycles. The van der Waals surface area contributed by atoms with Gasteiger partial charge >= 0.3 is 11.9 Å². The van der Waals surface area contributed by atoms with Gasteiger partial charge in [-0.2, -0.15) is 0 Å². The van der Waals surface area contributed by atoms with Crippen LogP contribution in [0.15, 0.2) is 24.3 Å². The van der Waals surface area contributed by atoms with Crippen LogP contribution >= 0.6 is 0 Å². The lowest BCUT2D eigenvalue weighted by Crippen LogP contribution is -2.27. The van der Waals surface area contributed by atoms with Gasteiger partial charge in [-0.25, -0.2) is 4.79 Å². The summed E-state index contributed by atoms with van der Waals surface area (Å²) in [5, 5.41) is 8.87. The Bertz CT molecular complexity index is 487. The van der Waals surface area contributed by atoms with Gasteiger partial charge in [0.05, 0.1) is 18.6 Å². The van der Waals surface area contributed by atoms with E-state index in [-0.39, 0.29) is 12.4 Å². The number of esters is 1. The summed E-state index contributed by atoms with van der Waals surface area (Å²) in [6, 6.07) is 7.19. The molecule has 0 unspecified atom stereocenters. The quantitative estimate of drug-likeness (QED) is 0.672. The predicted molar refractivity (Wildman–Crippen MR) is 86.4 cm³/mol. The third kappa shape index (κ3) is 6.16. The molecule has 0 saturated heterocycles. The number of hydrogen-bond acceptors (Lipinski definition) is 4. The van der Waals surface area contributed by atoms with Crippen LogP contribution in [0.25, 0.3) is 0 Å². The molecule has 0 aliphatic carbocycles. The highest BCUT2D eigenvalue weighted by molar-refractivity contribution is 5.90. The van der Waals surface area contributed by atoms with Crippen molar-refractivity contribution in [2.45, 2.75) is 39.5 Å². The molecule has 1 rings (SSSR count). The lowest BCUT2D eigenvalue weighted by atomic mass is 10.1. The van der Waals surface area contributed by atoms with Gasteiger partial charge in [0.25, 0.3) is 0 Å². The Morgan fingerprint density at radius 3 is 2.59 bits per heavy atom. The molecule has 0 spiro atoms. The Labute approximate surface area is 131 Å². The minimum Gasteiger partial charge on any atom is -0.481 e. The molecule has 0 saturated carbocycles. The molecule has 0 bridgehead atoms. The number of nitrogens with zero attached hydrogens (tertiary/aromatic N) is 1. The number of carbonyl (C=O) groups excluding carboxylic acids is 1. The van der Waals surface area contributed by atoms with Crippen molar-refractivity contribution >= 4 is 17.6 Å². The molecule has 1 aromatic carbocycles. The number of carboxylic acids is 1. The lowest BCUT2D eigenvalue weighted by Gasteiger charge is -2.24. The standard InChI is InChI=1S/C17H25NO4/c1-3-5-10-18(11-9-16(19)20)15-8-6-7-14(13-15)17(21)22-12-4-2/h6-8,13H,3-5,9-12H2,1-2H3,(H,19,20). The fraction of sp³-hybridized carbons (Fsp3) is 0.529. The number of anilines is 1. The monoisotopic (exact) mass is 307 g/mol. The molecule has 0 fully saturated rings. The zero-order valence-corrected chi connectivity index (χ0v) is 13.4. The van der Waals surface area contributed by atoms with Gasteiger partial charge in [0.2, 0.25) is 0 Å². The topological polar surface area (TPSA) is 66.8 Å². The van der Waals surface area contributed by atoms with Crippen molar-refractivity contribution in [1.29, 1.82) is 0 Å². The van der Waals surface area contributed by atoms with E-state index >= 15 is 0 Å². The Kier molecular flexibility index (Phi) is 8.04. The molecule has 0 heterocycles. The van der Waals surface area contributed by atoms with Gasteiger partial charge in [-0.1, -0.05) is 26.3 Å². The Morgan fingerprint density at radius 1 is 1.18 bits per heavy atom. The average molecular weight is 307 g/mol. The first kappa shape index (κ1) is 18.0. The number of hydrogen-bond donors (Lipinski definition) is 1. The summed E-state index contributed by atoms with van der Waals surface area (Å²) >= 11 is 0. The molecule has 0 aliphatic heterocycles. The molecule has 22 heavy (non-hydrogen) atoms. The number of aliphatic carboxylic acids is 1. The lowest BCUT2D eigenvalue weighted by molar-refractivity contribution is -0.136. The van der Waals surface area contributed by atoms with E-state index in [1.165, 1.54) is 0 Å². The van der Waals surface area contributed by atoms with Gasteiger partial charge in [0, 0.05) is 18.8 Å². The van der Waals surface area contributed by atoms with E-state index in [2.05, 4.69) is 6.92 Å². The second-order valence-corrected chi connectivity index (χ2v) is 5.17. The van der Waals surface area contributed by atoms with Crippen molar-refractivity contribution in [2.24, 2.45) is 0 Å². The maximum atomic E-state index is 11.9. The molecule has 1 N–H and O–H groups in total. The number of ether oxygens (including phenoxy) is 1. The highest BCUT2D eigenvalue weighted by Gasteiger charge is 2.12. The van der Waals surface area contributed by atoms with E-state index in [1.54, 1.807) is 18.2 Å². The van der Waals surface area contributed by atoms with Crippen molar-refractivity contribution < 1.29 is 19.4 Å². The molecule has 5 heteroatoms. The third-order valence-corrected chi connectivity index (χ3v) is 3.26. The fourth-order valence-corrected chi connectivity index (χ4v) is 2.06. The SMILES string of the molecule is CCCCN(CCC(=O)O)c1cccc(C(=O)OCCC)c1. The van der Waals surface area contributed by atoms with E-state index in [9.17, 15) is 9.59 Å². The number of unbranched alkanes of at least 4 members (excludes halogenated alkanes) is 1. The van der Waals surface area contributed by atoms with Gasteiger partial charge in [0.15, 0.2) is 0 Å². The third-order valence-electron chi connectivity index (χ3n) is 3.26. The van der Waals surface area contributed by atoms with E-state index in [0.29, 0.717) is 18.7 Å². The number of rotatable bonds is 10. The van der Waals surface area contributed by atoms with Crippen LogP contribution in [0.5, 0.6) is 0 Å². The maximum Gasteiger partial charge on any atom is 0.338 e. The minimum absolute atomic E-state index is 0.0776. The number of benzene rings is 1. The summed E-state index contributed by atoms with van der Waals surface area (Å²) in [5.41, 5.74) is 1.36. The molecule has 0 aliphatic rings. The Hall–Kier alpha value is -2.04. The van der Waals surface area contributed by atoms with Gasteiger partial charge in [-0.3, -0.25) is 4.79 Å². The Morgan fingerprint density at radius 2 is 1.95 bits per heavy atom. The molecular formula is C17H25NO4. The van der Waals surface area contributed by atoms with Crippen LogP contribution in [-0.4, -0.2) is 36.7 Å². The summed E-state index contributed by atoms with van der Waals surface area (Å²) in [6.45, 7) is 5.65. The molecule has 5 nitrogen and oxygen atoms in total. The molecular weight excluding hydrogens is 282 g/mol. The highest BCUT2D eigenvalue weighted by Crippen LogP contribution is 2.18. The first-order chi connectivity index (χ1) is 10.6. The van der Waals surface area contributed by atoms with Crippen LogP contribution in [0.2, 0.25) is 0 Å². The van der Waals surface area contributed by atoms with Gasteiger partial charge in [-0.05, 0) is 31.0 Å². The van der Waals surface area contributed by atoms with E-state index in [0.717, 1.165) is 31.5 Å². The smallest absolute Gasteiger partial charge is 0.338 e. The van der Waals surface area contributed by atoms with Crippen LogP contribution in [0, 0.1) is 0 Å². The van der Waals surface area contributed by atoms with Crippen molar-refractivity contribution in [2.75, 3.05) is 24.6 Å². The first-order valence-corrected chi connectivity index (χ1v) is 7.82. The molecule has 1 aromatic rings. The van der Waals surface area contributed by atoms with E-state index in [4.69, 9.17) is 9.84 Å². The van der Waals surface area contributed by atoms with Gasteiger partial charge in [-0.15, -0.1) is 0 Å². The summed E-state index contributed by atoms with van der Waals surface area (Å²) < 4.78 is 5.14. The predicted octanol–water partition coefficient (Wildman–Crippen LogP) is 3.33. The molecule has 0 amide bonds. The van der Waals surface area contributed by atoms with Crippen LogP contribution in [0.4, 0.5) is 5.69 Å². The van der Waals surface area contributed by atoms with Crippen LogP contribution in [0.1, 0.15) is 49.9 Å². The van der Waals surface area contributed by atoms with Gasteiger partial charge < -0.3 is 14.7 Å². The van der Waals surface area contributed by atoms with Crippen molar-refractivity contribution in [1.82, 2.24) is 0 Å². The summed E-state index contributed by atoms with van der Waals surface area (Å²) in [7, 11) is 0. The van der Waals surface area contributed by atoms with Crippen molar-refractivity contribution in [3.8, 4) is 0 Å². The first-order valence-electron chi connectivity index (χ1n) is 7.82. The van der Waals surface area contributed by atoms with Crippen LogP contribution < -0.4 is 4.90 Å². The summed E-state index contributed by atoms with van der Waals surface area (Å²) in [4.78, 5) is 24.7. The van der Waals surface area contributed by atoms with Gasteiger partial charge in [0.1, 0.15) is 0 Å². The number of carbonyl (C=O) groups is 2. The second-order valence-electron chi connectivity index (χ2n) is 5.17.